The summed E-state index contributed by atoms with van der Waals surface area (Å²) in [5.74, 6) is 0.499. The Morgan fingerprint density at radius 1 is 1.25 bits per heavy atom. The van der Waals surface area contributed by atoms with Crippen LogP contribution in [-0.2, 0) is 6.42 Å². The van der Waals surface area contributed by atoms with Gasteiger partial charge in [0.1, 0.15) is 5.82 Å². The quantitative estimate of drug-likeness (QED) is 0.807. The highest BCUT2D eigenvalue weighted by Crippen LogP contribution is 2.10. The maximum Gasteiger partial charge on any atom is 0.123 e. The van der Waals surface area contributed by atoms with Gasteiger partial charge in [0.15, 0.2) is 0 Å². The largest absolute Gasteiger partial charge is 0.314 e. The first kappa shape index (κ1) is 13.2. The predicted molar refractivity (Wildman–Crippen MR) is 67.1 cm³/mol. The first-order chi connectivity index (χ1) is 7.50. The first-order valence-electron chi connectivity index (χ1n) is 5.99. The molecule has 0 saturated carbocycles. The Morgan fingerprint density at radius 2 is 1.94 bits per heavy atom. The molecule has 0 amide bonds. The minimum atomic E-state index is -0.148. The average Bonchev–Trinajstić information content (AvgIpc) is 2.20. The van der Waals surface area contributed by atoms with Crippen LogP contribution in [-0.4, -0.2) is 12.6 Å². The summed E-state index contributed by atoms with van der Waals surface area (Å²) >= 11 is 0. The normalized spacial score (nSPS) is 13.1. The van der Waals surface area contributed by atoms with Crippen LogP contribution in [0.5, 0.6) is 0 Å². The molecule has 1 aromatic carbocycles. The van der Waals surface area contributed by atoms with E-state index >= 15 is 0 Å². The second kappa shape index (κ2) is 6.00. The fourth-order valence-electron chi connectivity index (χ4n) is 1.61. The third-order valence-corrected chi connectivity index (χ3v) is 3.17. The van der Waals surface area contributed by atoms with E-state index in [9.17, 15) is 4.39 Å². The summed E-state index contributed by atoms with van der Waals surface area (Å²) in [6, 6.07) is 5.54. The van der Waals surface area contributed by atoms with E-state index in [-0.39, 0.29) is 5.82 Å². The Bertz CT molecular complexity index is 334. The van der Waals surface area contributed by atoms with Crippen LogP contribution in [0, 0.1) is 18.7 Å². The molecule has 1 nitrogen and oxygen atoms in total. The lowest BCUT2D eigenvalue weighted by molar-refractivity contribution is 0.430. The van der Waals surface area contributed by atoms with Crippen molar-refractivity contribution in [2.45, 2.75) is 40.2 Å². The molecule has 0 fully saturated rings. The van der Waals surface area contributed by atoms with E-state index in [0.717, 1.165) is 18.5 Å². The Labute approximate surface area is 98.1 Å². The summed E-state index contributed by atoms with van der Waals surface area (Å²) in [4.78, 5) is 0. The molecule has 1 rings (SSSR count). The minimum Gasteiger partial charge on any atom is -0.314 e. The third-order valence-electron chi connectivity index (χ3n) is 3.17. The van der Waals surface area contributed by atoms with Gasteiger partial charge in [0, 0.05) is 6.04 Å². The molecule has 2 heteroatoms. The lowest BCUT2D eigenvalue weighted by Gasteiger charge is -2.17. The van der Waals surface area contributed by atoms with Gasteiger partial charge in [-0.05, 0) is 56.0 Å². The number of benzene rings is 1. The lowest BCUT2D eigenvalue weighted by Crippen LogP contribution is -2.32. The molecule has 0 radical (unpaired) electrons. The molecule has 0 heterocycles. The van der Waals surface area contributed by atoms with E-state index < -0.39 is 0 Å². The Hall–Kier alpha value is -0.890. The van der Waals surface area contributed by atoms with Crippen molar-refractivity contribution < 1.29 is 4.39 Å². The van der Waals surface area contributed by atoms with E-state index in [2.05, 4.69) is 26.1 Å². The minimum absolute atomic E-state index is 0.148. The van der Waals surface area contributed by atoms with Crippen molar-refractivity contribution in [3.63, 3.8) is 0 Å². The molecule has 1 aromatic rings. The first-order valence-corrected chi connectivity index (χ1v) is 5.99. The van der Waals surface area contributed by atoms with Crippen molar-refractivity contribution in [3.8, 4) is 0 Å². The van der Waals surface area contributed by atoms with Crippen molar-refractivity contribution in [1.29, 1.82) is 0 Å². The molecular formula is C14H22FN. The zero-order valence-electron chi connectivity index (χ0n) is 10.7. The molecule has 0 bridgehead atoms. The number of aryl methyl sites for hydroxylation is 1. The highest BCUT2D eigenvalue weighted by Gasteiger charge is 2.06. The van der Waals surface area contributed by atoms with Gasteiger partial charge >= 0.3 is 0 Å². The summed E-state index contributed by atoms with van der Waals surface area (Å²) in [5, 5.41) is 3.48. The van der Waals surface area contributed by atoms with Gasteiger partial charge in [0.2, 0.25) is 0 Å². The summed E-state index contributed by atoms with van der Waals surface area (Å²) in [7, 11) is 0. The molecule has 0 aliphatic carbocycles. The van der Waals surface area contributed by atoms with E-state index in [1.165, 1.54) is 11.6 Å². The zero-order chi connectivity index (χ0) is 12.1. The molecule has 90 valence electrons. The van der Waals surface area contributed by atoms with Gasteiger partial charge in [-0.25, -0.2) is 4.39 Å². The second-order valence-electron chi connectivity index (χ2n) is 4.81. The number of rotatable bonds is 5. The van der Waals surface area contributed by atoms with Crippen LogP contribution < -0.4 is 5.32 Å². The van der Waals surface area contributed by atoms with E-state index in [1.807, 2.05) is 13.0 Å². The van der Waals surface area contributed by atoms with Gasteiger partial charge in [-0.2, -0.15) is 0 Å². The Balaban J connectivity index is 2.43. The van der Waals surface area contributed by atoms with Crippen LogP contribution in [0.3, 0.4) is 0 Å². The standard InChI is InChI=1S/C14H22FN/c1-10(2)12(4)16-8-7-13-5-6-14(15)9-11(13)3/h5-6,9-10,12,16H,7-8H2,1-4H3. The topological polar surface area (TPSA) is 12.0 Å². The molecule has 0 aromatic heterocycles. The molecule has 0 saturated heterocycles. The SMILES string of the molecule is Cc1cc(F)ccc1CCNC(C)C(C)C. The van der Waals surface area contributed by atoms with Crippen molar-refractivity contribution in [2.24, 2.45) is 5.92 Å². The van der Waals surface area contributed by atoms with Crippen LogP contribution >= 0.6 is 0 Å². The smallest absolute Gasteiger partial charge is 0.123 e. The zero-order valence-corrected chi connectivity index (χ0v) is 10.7. The van der Waals surface area contributed by atoms with Gasteiger partial charge in [-0.15, -0.1) is 0 Å². The van der Waals surface area contributed by atoms with Crippen molar-refractivity contribution in [3.05, 3.63) is 35.1 Å². The summed E-state index contributed by atoms with van der Waals surface area (Å²) in [6.07, 6.45) is 0.961. The monoisotopic (exact) mass is 223 g/mol. The number of hydrogen-bond acceptors (Lipinski definition) is 1. The van der Waals surface area contributed by atoms with Crippen LogP contribution in [0.1, 0.15) is 31.9 Å². The van der Waals surface area contributed by atoms with E-state index in [1.54, 1.807) is 6.07 Å². The highest BCUT2D eigenvalue weighted by molar-refractivity contribution is 5.26. The molecule has 1 atom stereocenters. The average molecular weight is 223 g/mol. The van der Waals surface area contributed by atoms with E-state index in [4.69, 9.17) is 0 Å². The number of halogens is 1. The van der Waals surface area contributed by atoms with Crippen molar-refractivity contribution in [1.82, 2.24) is 5.32 Å². The number of nitrogens with one attached hydrogen (secondary N) is 1. The highest BCUT2D eigenvalue weighted by atomic mass is 19.1. The van der Waals surface area contributed by atoms with Gasteiger partial charge in [-0.3, -0.25) is 0 Å². The Morgan fingerprint density at radius 3 is 2.50 bits per heavy atom. The summed E-state index contributed by atoms with van der Waals surface area (Å²) in [5.41, 5.74) is 2.27. The molecule has 16 heavy (non-hydrogen) atoms. The molecule has 0 aliphatic rings. The van der Waals surface area contributed by atoms with Crippen molar-refractivity contribution >= 4 is 0 Å². The fraction of sp³-hybridized carbons (Fsp3) is 0.571. The summed E-state index contributed by atoms with van der Waals surface area (Å²) < 4.78 is 12.9. The van der Waals surface area contributed by atoms with Gasteiger partial charge in [0.05, 0.1) is 0 Å². The van der Waals surface area contributed by atoms with Gasteiger partial charge in [0.25, 0.3) is 0 Å². The molecule has 0 spiro atoms. The third kappa shape index (κ3) is 3.93. The number of hydrogen-bond donors (Lipinski definition) is 1. The maximum absolute atomic E-state index is 12.9. The molecule has 1 N–H and O–H groups in total. The molecule has 1 unspecified atom stereocenters. The van der Waals surface area contributed by atoms with E-state index in [0.29, 0.717) is 12.0 Å². The predicted octanol–water partition coefficient (Wildman–Crippen LogP) is 3.31. The van der Waals surface area contributed by atoms with Crippen LogP contribution in [0.25, 0.3) is 0 Å². The van der Waals surface area contributed by atoms with Crippen LogP contribution in [0.2, 0.25) is 0 Å². The van der Waals surface area contributed by atoms with Gasteiger partial charge in [-0.1, -0.05) is 19.9 Å². The summed E-state index contributed by atoms with van der Waals surface area (Å²) in [6.45, 7) is 9.53. The molecule has 0 aliphatic heterocycles. The Kier molecular flexibility index (Phi) is 4.94. The fourth-order valence-corrected chi connectivity index (χ4v) is 1.61. The van der Waals surface area contributed by atoms with Crippen LogP contribution in [0.4, 0.5) is 4.39 Å². The van der Waals surface area contributed by atoms with Gasteiger partial charge < -0.3 is 5.32 Å². The maximum atomic E-state index is 12.9. The second-order valence-corrected chi connectivity index (χ2v) is 4.81. The van der Waals surface area contributed by atoms with Crippen molar-refractivity contribution in [2.75, 3.05) is 6.54 Å². The lowest BCUT2D eigenvalue weighted by atomic mass is 10.0. The van der Waals surface area contributed by atoms with Crippen LogP contribution in [0.15, 0.2) is 18.2 Å². The molecular weight excluding hydrogens is 201 g/mol.